The third-order valence-electron chi connectivity index (χ3n) is 2.41. The van der Waals surface area contributed by atoms with Crippen molar-refractivity contribution in [2.75, 3.05) is 0 Å². The number of carbonyl (C=O) groups is 1. The lowest BCUT2D eigenvalue weighted by Gasteiger charge is -2.10. The van der Waals surface area contributed by atoms with Crippen molar-refractivity contribution in [1.82, 2.24) is 4.98 Å². The predicted octanol–water partition coefficient (Wildman–Crippen LogP) is 3.15. The van der Waals surface area contributed by atoms with Gasteiger partial charge in [0, 0.05) is 24.0 Å². The molecule has 0 amide bonds. The van der Waals surface area contributed by atoms with Crippen molar-refractivity contribution in [3.63, 3.8) is 0 Å². The molecule has 0 atom stereocenters. The van der Waals surface area contributed by atoms with Crippen molar-refractivity contribution in [3.05, 3.63) is 58.6 Å². The summed E-state index contributed by atoms with van der Waals surface area (Å²) in [4.78, 5) is 14.7. The van der Waals surface area contributed by atoms with Crippen molar-refractivity contribution < 1.29 is 19.0 Å². The summed E-state index contributed by atoms with van der Waals surface area (Å²) in [5, 5.41) is 9.21. The summed E-state index contributed by atoms with van der Waals surface area (Å²) in [5.41, 5.74) is 0.261. The highest BCUT2D eigenvalue weighted by molar-refractivity contribution is 6.31. The number of aromatic carboxylic acids is 1. The molecule has 0 unspecified atom stereocenters. The molecule has 0 spiro atoms. The second kappa shape index (κ2) is 5.67. The molecule has 0 aliphatic heterocycles. The van der Waals surface area contributed by atoms with Crippen LogP contribution in [0.1, 0.15) is 15.9 Å². The molecule has 0 saturated heterocycles. The summed E-state index contributed by atoms with van der Waals surface area (Å²) in [6, 6.07) is 5.56. The quantitative estimate of drug-likeness (QED) is 0.935. The van der Waals surface area contributed by atoms with Crippen molar-refractivity contribution in [2.45, 2.75) is 6.61 Å². The van der Waals surface area contributed by atoms with E-state index in [1.165, 1.54) is 30.6 Å². The highest BCUT2D eigenvalue weighted by Gasteiger charge is 2.14. The largest absolute Gasteiger partial charge is 0.489 e. The lowest BCUT2D eigenvalue weighted by molar-refractivity contribution is 0.0693. The van der Waals surface area contributed by atoms with Crippen LogP contribution in [0.4, 0.5) is 4.39 Å². The van der Waals surface area contributed by atoms with Crippen molar-refractivity contribution in [3.8, 4) is 5.75 Å². The molecule has 0 aliphatic carbocycles. The van der Waals surface area contributed by atoms with Crippen LogP contribution < -0.4 is 4.74 Å². The molecule has 1 N–H and O–H groups in total. The second-order valence-corrected chi connectivity index (χ2v) is 4.11. The molecule has 1 heterocycles. The van der Waals surface area contributed by atoms with Gasteiger partial charge in [0.15, 0.2) is 0 Å². The van der Waals surface area contributed by atoms with Crippen LogP contribution in [0.5, 0.6) is 5.75 Å². The molecule has 2 rings (SSSR count). The predicted molar refractivity (Wildman–Crippen MR) is 66.9 cm³/mol. The Labute approximate surface area is 113 Å². The number of nitrogens with zero attached hydrogens (tertiary/aromatic N) is 1. The molecule has 0 bridgehead atoms. The number of hydrogen-bond donors (Lipinski definition) is 1. The number of hydrogen-bond acceptors (Lipinski definition) is 3. The Morgan fingerprint density at radius 2 is 2.21 bits per heavy atom. The van der Waals surface area contributed by atoms with Gasteiger partial charge in [-0.3, -0.25) is 4.98 Å². The van der Waals surface area contributed by atoms with E-state index < -0.39 is 11.8 Å². The number of rotatable bonds is 4. The highest BCUT2D eigenvalue weighted by atomic mass is 35.5. The third kappa shape index (κ3) is 3.20. The Morgan fingerprint density at radius 1 is 1.42 bits per heavy atom. The fourth-order valence-electron chi connectivity index (χ4n) is 1.51. The smallest absolute Gasteiger partial charge is 0.337 e. The maximum Gasteiger partial charge on any atom is 0.337 e. The number of pyridine rings is 1. The van der Waals surface area contributed by atoms with Crippen molar-refractivity contribution >= 4 is 17.6 Å². The van der Waals surface area contributed by atoms with Gasteiger partial charge < -0.3 is 9.84 Å². The van der Waals surface area contributed by atoms with E-state index in [0.29, 0.717) is 11.3 Å². The van der Waals surface area contributed by atoms with Gasteiger partial charge in [-0.15, -0.1) is 0 Å². The van der Waals surface area contributed by atoms with Crippen LogP contribution in [0.3, 0.4) is 0 Å². The van der Waals surface area contributed by atoms with Gasteiger partial charge in [-0.1, -0.05) is 17.7 Å². The van der Waals surface area contributed by atoms with E-state index >= 15 is 0 Å². The molecule has 2 aromatic rings. The van der Waals surface area contributed by atoms with Crippen LogP contribution in [0.15, 0.2) is 36.7 Å². The average molecular weight is 282 g/mol. The van der Waals surface area contributed by atoms with Crippen LogP contribution in [-0.2, 0) is 6.61 Å². The SMILES string of the molecule is O=C(O)c1cncc(Cl)c1COc1cccc(F)c1. The van der Waals surface area contributed by atoms with Gasteiger partial charge in [0.25, 0.3) is 0 Å². The fraction of sp³-hybridized carbons (Fsp3) is 0.0769. The normalized spacial score (nSPS) is 10.2. The first-order valence-electron chi connectivity index (χ1n) is 5.32. The van der Waals surface area contributed by atoms with E-state index in [1.807, 2.05) is 0 Å². The van der Waals surface area contributed by atoms with E-state index in [4.69, 9.17) is 21.4 Å². The van der Waals surface area contributed by atoms with E-state index in [0.717, 1.165) is 0 Å². The molecular formula is C13H9ClFNO3. The number of ether oxygens (including phenoxy) is 1. The average Bonchev–Trinajstić information content (AvgIpc) is 2.37. The van der Waals surface area contributed by atoms with Gasteiger partial charge in [-0.25, -0.2) is 9.18 Å². The fourth-order valence-corrected chi connectivity index (χ4v) is 1.72. The van der Waals surface area contributed by atoms with Gasteiger partial charge >= 0.3 is 5.97 Å². The molecule has 0 fully saturated rings. The minimum atomic E-state index is -1.15. The molecule has 19 heavy (non-hydrogen) atoms. The first kappa shape index (κ1) is 13.3. The lowest BCUT2D eigenvalue weighted by atomic mass is 10.1. The van der Waals surface area contributed by atoms with Gasteiger partial charge in [0.2, 0.25) is 0 Å². The van der Waals surface area contributed by atoms with E-state index in [1.54, 1.807) is 6.07 Å². The van der Waals surface area contributed by atoms with E-state index in [-0.39, 0.29) is 17.2 Å². The maximum atomic E-state index is 13.0. The molecule has 98 valence electrons. The van der Waals surface area contributed by atoms with E-state index in [2.05, 4.69) is 4.98 Å². The molecule has 6 heteroatoms. The minimum Gasteiger partial charge on any atom is -0.489 e. The number of carboxylic acids is 1. The van der Waals surface area contributed by atoms with Crippen LogP contribution >= 0.6 is 11.6 Å². The van der Waals surface area contributed by atoms with Crippen LogP contribution in [0.25, 0.3) is 0 Å². The zero-order valence-corrected chi connectivity index (χ0v) is 10.4. The molecule has 4 nitrogen and oxygen atoms in total. The summed E-state index contributed by atoms with van der Waals surface area (Å²) in [6.07, 6.45) is 2.52. The van der Waals surface area contributed by atoms with Gasteiger partial charge in [0.05, 0.1) is 10.6 Å². The number of aromatic nitrogens is 1. The number of carboxylic acid groups (broad SMARTS) is 1. The molecule has 1 aromatic heterocycles. The van der Waals surface area contributed by atoms with Crippen molar-refractivity contribution in [2.24, 2.45) is 0 Å². The highest BCUT2D eigenvalue weighted by Crippen LogP contribution is 2.21. The van der Waals surface area contributed by atoms with Gasteiger partial charge in [-0.2, -0.15) is 0 Å². The Morgan fingerprint density at radius 3 is 2.89 bits per heavy atom. The summed E-state index contributed by atoms with van der Waals surface area (Å²) in [5.74, 6) is -1.28. The summed E-state index contributed by atoms with van der Waals surface area (Å²) in [6.45, 7) is -0.0769. The number of benzene rings is 1. The Balaban J connectivity index is 2.22. The molecule has 1 aromatic carbocycles. The van der Waals surface area contributed by atoms with Gasteiger partial charge in [0.1, 0.15) is 18.2 Å². The van der Waals surface area contributed by atoms with Crippen LogP contribution in [0.2, 0.25) is 5.02 Å². The molecule has 0 saturated carbocycles. The minimum absolute atomic E-state index is 0.0381. The lowest BCUT2D eigenvalue weighted by Crippen LogP contribution is -2.07. The topological polar surface area (TPSA) is 59.4 Å². The Bertz CT molecular complexity index is 619. The standard InChI is InChI=1S/C13H9ClFNO3/c14-12-6-16-5-10(13(17)18)11(12)7-19-9-3-1-2-8(15)4-9/h1-6H,7H2,(H,17,18). The second-order valence-electron chi connectivity index (χ2n) is 3.70. The first-order chi connectivity index (χ1) is 9.08. The van der Waals surface area contributed by atoms with E-state index in [9.17, 15) is 9.18 Å². The Kier molecular flexibility index (Phi) is 3.97. The van der Waals surface area contributed by atoms with Crippen LogP contribution in [-0.4, -0.2) is 16.1 Å². The molecular weight excluding hydrogens is 273 g/mol. The summed E-state index contributed by atoms with van der Waals surface area (Å²) >= 11 is 5.89. The number of halogens is 2. The molecule has 0 radical (unpaired) electrons. The zero-order chi connectivity index (χ0) is 13.8. The third-order valence-corrected chi connectivity index (χ3v) is 2.74. The van der Waals surface area contributed by atoms with Gasteiger partial charge in [-0.05, 0) is 12.1 Å². The van der Waals surface area contributed by atoms with Crippen molar-refractivity contribution in [1.29, 1.82) is 0 Å². The van der Waals surface area contributed by atoms with Crippen LogP contribution in [0, 0.1) is 5.82 Å². The maximum absolute atomic E-state index is 13.0. The zero-order valence-electron chi connectivity index (χ0n) is 9.64. The monoisotopic (exact) mass is 281 g/mol. The first-order valence-corrected chi connectivity index (χ1v) is 5.70. The summed E-state index contributed by atoms with van der Waals surface area (Å²) in [7, 11) is 0. The summed E-state index contributed by atoms with van der Waals surface area (Å²) < 4.78 is 18.3. The molecule has 0 aliphatic rings. The Hall–Kier alpha value is -2.14.